The fraction of sp³-hybridized carbons (Fsp3) is 0.188. The van der Waals surface area contributed by atoms with Gasteiger partial charge in [-0.05, 0) is 36.8 Å². The third kappa shape index (κ3) is 4.80. The maximum atomic E-state index is 12.1. The highest BCUT2D eigenvalue weighted by Crippen LogP contribution is 2.16. The van der Waals surface area contributed by atoms with E-state index in [2.05, 4.69) is 10.0 Å². The summed E-state index contributed by atoms with van der Waals surface area (Å²) in [4.78, 5) is 12.0. The maximum absolute atomic E-state index is 12.1. The lowest BCUT2D eigenvalue weighted by molar-refractivity contribution is -0.115. The number of methoxy groups -OCH3 is 1. The highest BCUT2D eigenvalue weighted by atomic mass is 32.2. The molecule has 0 saturated heterocycles. The molecule has 0 bridgehead atoms. The van der Waals surface area contributed by atoms with Crippen LogP contribution in [0.5, 0.6) is 5.75 Å². The lowest BCUT2D eigenvalue weighted by atomic mass is 10.2. The van der Waals surface area contributed by atoms with Crippen LogP contribution in [0.25, 0.3) is 0 Å². The average Bonchev–Trinajstić information content (AvgIpc) is 2.53. The van der Waals surface area contributed by atoms with Crippen LogP contribution in [0.1, 0.15) is 5.56 Å². The molecule has 7 heteroatoms. The minimum atomic E-state index is -3.72. The number of benzene rings is 2. The first-order valence-corrected chi connectivity index (χ1v) is 8.39. The van der Waals surface area contributed by atoms with E-state index < -0.39 is 15.9 Å². The van der Waals surface area contributed by atoms with E-state index in [9.17, 15) is 13.2 Å². The van der Waals surface area contributed by atoms with Gasteiger partial charge < -0.3 is 10.1 Å². The first-order valence-electron chi connectivity index (χ1n) is 6.91. The van der Waals surface area contributed by atoms with E-state index in [4.69, 9.17) is 4.74 Å². The van der Waals surface area contributed by atoms with E-state index in [0.717, 1.165) is 5.56 Å². The fourth-order valence-corrected chi connectivity index (χ4v) is 3.02. The summed E-state index contributed by atoms with van der Waals surface area (Å²) >= 11 is 0. The predicted molar refractivity (Wildman–Crippen MR) is 88.0 cm³/mol. The molecule has 0 radical (unpaired) electrons. The van der Waals surface area contributed by atoms with Gasteiger partial charge >= 0.3 is 0 Å². The van der Waals surface area contributed by atoms with Gasteiger partial charge in [0.05, 0.1) is 18.6 Å². The molecule has 0 heterocycles. The van der Waals surface area contributed by atoms with Crippen LogP contribution in [0, 0.1) is 6.92 Å². The first kappa shape index (κ1) is 17.0. The second-order valence-corrected chi connectivity index (χ2v) is 6.69. The Labute approximate surface area is 135 Å². The SMILES string of the molecule is COc1cccc(NC(=O)CNS(=O)(=O)c2cccc(C)c2)c1. The van der Waals surface area contributed by atoms with Gasteiger partial charge in [0.25, 0.3) is 0 Å². The van der Waals surface area contributed by atoms with Crippen molar-refractivity contribution in [2.24, 2.45) is 0 Å². The molecular weight excluding hydrogens is 316 g/mol. The number of hydrogen-bond donors (Lipinski definition) is 2. The number of amides is 1. The number of anilines is 1. The van der Waals surface area contributed by atoms with Gasteiger partial charge in [-0.15, -0.1) is 0 Å². The first-order chi connectivity index (χ1) is 10.9. The van der Waals surface area contributed by atoms with Crippen molar-refractivity contribution in [2.45, 2.75) is 11.8 Å². The van der Waals surface area contributed by atoms with Gasteiger partial charge in [-0.3, -0.25) is 4.79 Å². The summed E-state index contributed by atoms with van der Waals surface area (Å²) in [5.74, 6) is 0.137. The predicted octanol–water partition coefficient (Wildman–Crippen LogP) is 1.92. The summed E-state index contributed by atoms with van der Waals surface area (Å²) in [6.07, 6.45) is 0. The molecule has 0 aliphatic heterocycles. The van der Waals surface area contributed by atoms with Crippen LogP contribution >= 0.6 is 0 Å². The van der Waals surface area contributed by atoms with Crippen molar-refractivity contribution in [2.75, 3.05) is 19.0 Å². The van der Waals surface area contributed by atoms with E-state index >= 15 is 0 Å². The molecule has 0 aromatic heterocycles. The highest BCUT2D eigenvalue weighted by molar-refractivity contribution is 7.89. The standard InChI is InChI=1S/C16H18N2O4S/c1-12-5-3-8-15(9-12)23(20,21)17-11-16(19)18-13-6-4-7-14(10-13)22-2/h3-10,17H,11H2,1-2H3,(H,18,19). The van der Waals surface area contributed by atoms with Crippen LogP contribution in [0.4, 0.5) is 5.69 Å². The Hall–Kier alpha value is -2.38. The van der Waals surface area contributed by atoms with Crippen molar-refractivity contribution in [3.8, 4) is 5.75 Å². The molecule has 0 aliphatic carbocycles. The van der Waals surface area contributed by atoms with E-state index in [1.165, 1.54) is 13.2 Å². The Bertz CT molecular complexity index is 803. The van der Waals surface area contributed by atoms with Crippen molar-refractivity contribution < 1.29 is 17.9 Å². The third-order valence-corrected chi connectivity index (χ3v) is 4.47. The lowest BCUT2D eigenvalue weighted by Gasteiger charge is -2.09. The number of aryl methyl sites for hydroxylation is 1. The molecule has 1 amide bonds. The zero-order chi connectivity index (χ0) is 16.9. The topological polar surface area (TPSA) is 84.5 Å². The number of carbonyl (C=O) groups is 1. The number of carbonyl (C=O) groups excluding carboxylic acids is 1. The molecule has 122 valence electrons. The minimum absolute atomic E-state index is 0.131. The molecule has 23 heavy (non-hydrogen) atoms. The smallest absolute Gasteiger partial charge is 0.241 e. The molecule has 0 aliphatic rings. The molecule has 2 aromatic rings. The molecule has 0 unspecified atom stereocenters. The van der Waals surface area contributed by atoms with Crippen molar-refractivity contribution in [3.05, 3.63) is 54.1 Å². The van der Waals surface area contributed by atoms with Gasteiger partial charge in [-0.1, -0.05) is 18.2 Å². The highest BCUT2D eigenvalue weighted by Gasteiger charge is 2.15. The maximum Gasteiger partial charge on any atom is 0.241 e. The zero-order valence-corrected chi connectivity index (χ0v) is 13.7. The van der Waals surface area contributed by atoms with Crippen LogP contribution in [0.15, 0.2) is 53.4 Å². The van der Waals surface area contributed by atoms with Crippen molar-refractivity contribution in [1.82, 2.24) is 4.72 Å². The van der Waals surface area contributed by atoms with E-state index in [-0.39, 0.29) is 11.4 Å². The van der Waals surface area contributed by atoms with Crippen LogP contribution in [-0.2, 0) is 14.8 Å². The van der Waals surface area contributed by atoms with Gasteiger partial charge in [0.15, 0.2) is 0 Å². The molecule has 2 N–H and O–H groups in total. The number of ether oxygens (including phenoxy) is 1. The Morgan fingerprint density at radius 3 is 2.57 bits per heavy atom. The number of nitrogens with one attached hydrogen (secondary N) is 2. The van der Waals surface area contributed by atoms with Crippen LogP contribution < -0.4 is 14.8 Å². The van der Waals surface area contributed by atoms with Gasteiger partial charge in [-0.2, -0.15) is 0 Å². The van der Waals surface area contributed by atoms with Gasteiger partial charge in [0, 0.05) is 11.8 Å². The summed E-state index contributed by atoms with van der Waals surface area (Å²) < 4.78 is 31.6. The summed E-state index contributed by atoms with van der Waals surface area (Å²) in [7, 11) is -2.19. The summed E-state index contributed by atoms with van der Waals surface area (Å²) in [5.41, 5.74) is 1.36. The molecular formula is C16H18N2O4S. The Balaban J connectivity index is 1.98. The number of rotatable bonds is 6. The average molecular weight is 334 g/mol. The van der Waals surface area contributed by atoms with E-state index in [0.29, 0.717) is 11.4 Å². The monoisotopic (exact) mass is 334 g/mol. The van der Waals surface area contributed by atoms with Crippen molar-refractivity contribution in [3.63, 3.8) is 0 Å². The molecule has 0 spiro atoms. The summed E-state index contributed by atoms with van der Waals surface area (Å²) in [6.45, 7) is 1.45. The minimum Gasteiger partial charge on any atom is -0.497 e. The molecule has 0 fully saturated rings. The van der Waals surface area contributed by atoms with E-state index in [1.54, 1.807) is 49.4 Å². The third-order valence-electron chi connectivity index (χ3n) is 3.08. The normalized spacial score (nSPS) is 11.0. The van der Waals surface area contributed by atoms with Crippen molar-refractivity contribution >= 4 is 21.6 Å². The Kier molecular flexibility index (Phi) is 5.36. The Morgan fingerprint density at radius 1 is 1.13 bits per heavy atom. The largest absolute Gasteiger partial charge is 0.497 e. The van der Waals surface area contributed by atoms with Gasteiger partial charge in [0.2, 0.25) is 15.9 Å². The lowest BCUT2D eigenvalue weighted by Crippen LogP contribution is -2.32. The number of hydrogen-bond acceptors (Lipinski definition) is 4. The van der Waals surface area contributed by atoms with Crippen molar-refractivity contribution in [1.29, 1.82) is 0 Å². The Morgan fingerprint density at radius 2 is 1.87 bits per heavy atom. The van der Waals surface area contributed by atoms with Crippen LogP contribution in [-0.4, -0.2) is 28.0 Å². The summed E-state index contributed by atoms with van der Waals surface area (Å²) in [5, 5.41) is 2.61. The molecule has 0 saturated carbocycles. The van der Waals surface area contributed by atoms with E-state index in [1.807, 2.05) is 0 Å². The van der Waals surface area contributed by atoms with Gasteiger partial charge in [-0.25, -0.2) is 13.1 Å². The van der Waals surface area contributed by atoms with Crippen LogP contribution in [0.2, 0.25) is 0 Å². The second-order valence-electron chi connectivity index (χ2n) is 4.92. The molecule has 6 nitrogen and oxygen atoms in total. The quantitative estimate of drug-likeness (QED) is 0.845. The van der Waals surface area contributed by atoms with Gasteiger partial charge in [0.1, 0.15) is 5.75 Å². The summed E-state index contributed by atoms with van der Waals surface area (Å²) in [6, 6.07) is 13.3. The number of sulfonamides is 1. The molecule has 2 rings (SSSR count). The zero-order valence-electron chi connectivity index (χ0n) is 12.9. The second kappa shape index (κ2) is 7.26. The molecule has 0 atom stereocenters. The molecule has 2 aromatic carbocycles. The van der Waals surface area contributed by atoms with Crippen LogP contribution in [0.3, 0.4) is 0 Å². The fourth-order valence-electron chi connectivity index (χ4n) is 1.93.